The number of halogens is 1. The van der Waals surface area contributed by atoms with Crippen LogP contribution in [0, 0.1) is 0 Å². The lowest BCUT2D eigenvalue weighted by atomic mass is 10.2. The summed E-state index contributed by atoms with van der Waals surface area (Å²) >= 11 is 6.14. The van der Waals surface area contributed by atoms with Crippen molar-refractivity contribution in [2.75, 3.05) is 13.2 Å². The lowest BCUT2D eigenvalue weighted by Gasteiger charge is -2.13. The first kappa shape index (κ1) is 15.1. The fourth-order valence-corrected chi connectivity index (χ4v) is 1.65. The Morgan fingerprint density at radius 2 is 1.95 bits per heavy atom. The van der Waals surface area contributed by atoms with E-state index in [4.69, 9.17) is 32.5 Å². The highest BCUT2D eigenvalue weighted by atomic mass is 35.5. The molecule has 0 aliphatic rings. The summed E-state index contributed by atoms with van der Waals surface area (Å²) in [7, 11) is 0. The van der Waals surface area contributed by atoms with Crippen molar-refractivity contribution in [3.05, 3.63) is 22.7 Å². The maximum atomic E-state index is 6.14. The average molecular weight is 285 g/mol. The van der Waals surface area contributed by atoms with Gasteiger partial charge in [-0.2, -0.15) is 5.10 Å². The van der Waals surface area contributed by atoms with Gasteiger partial charge in [-0.15, -0.1) is 5.10 Å². The first-order valence-corrected chi connectivity index (χ1v) is 6.17. The maximum absolute atomic E-state index is 6.14. The number of benzene rings is 1. The minimum absolute atomic E-state index is 0.113. The summed E-state index contributed by atoms with van der Waals surface area (Å²) in [6.45, 7) is 4.76. The van der Waals surface area contributed by atoms with Crippen molar-refractivity contribution in [1.82, 2.24) is 0 Å². The van der Waals surface area contributed by atoms with Crippen molar-refractivity contribution < 1.29 is 9.47 Å². The molecule has 0 radical (unpaired) electrons. The summed E-state index contributed by atoms with van der Waals surface area (Å²) in [5.41, 5.74) is 11.1. The van der Waals surface area contributed by atoms with Gasteiger partial charge in [0.1, 0.15) is 0 Å². The zero-order valence-electron chi connectivity index (χ0n) is 10.9. The highest BCUT2D eigenvalue weighted by Gasteiger charge is 2.11. The van der Waals surface area contributed by atoms with Crippen LogP contribution in [0.2, 0.25) is 5.02 Å². The number of ether oxygens (including phenoxy) is 2. The van der Waals surface area contributed by atoms with Crippen LogP contribution in [0.25, 0.3) is 0 Å². The van der Waals surface area contributed by atoms with E-state index in [9.17, 15) is 0 Å². The van der Waals surface area contributed by atoms with E-state index in [1.807, 2.05) is 13.8 Å². The summed E-state index contributed by atoms with van der Waals surface area (Å²) < 4.78 is 10.9. The second-order valence-corrected chi connectivity index (χ2v) is 3.87. The third-order valence-corrected chi connectivity index (χ3v) is 2.28. The summed E-state index contributed by atoms with van der Waals surface area (Å²) in [5.74, 6) is 0.964. The van der Waals surface area contributed by atoms with E-state index < -0.39 is 0 Å². The lowest BCUT2D eigenvalue weighted by Crippen LogP contribution is -2.21. The van der Waals surface area contributed by atoms with Crippen molar-refractivity contribution >= 4 is 23.8 Å². The smallest absolute Gasteiger partial charge is 0.211 e. The number of rotatable bonds is 6. The van der Waals surface area contributed by atoms with Gasteiger partial charge in [0.2, 0.25) is 5.96 Å². The number of hydrogen-bond acceptors (Lipinski definition) is 4. The van der Waals surface area contributed by atoms with Crippen molar-refractivity contribution in [2.45, 2.75) is 13.8 Å². The largest absolute Gasteiger partial charge is 0.490 e. The molecule has 0 bridgehead atoms. The number of guanidine groups is 1. The van der Waals surface area contributed by atoms with Gasteiger partial charge in [0, 0.05) is 5.56 Å². The van der Waals surface area contributed by atoms with E-state index in [0.717, 1.165) is 0 Å². The molecular weight excluding hydrogens is 268 g/mol. The molecular formula is C12H17ClN4O2. The first-order valence-electron chi connectivity index (χ1n) is 5.79. The number of hydrogen-bond donors (Lipinski definition) is 2. The summed E-state index contributed by atoms with van der Waals surface area (Å²) in [6.07, 6.45) is 1.48. The van der Waals surface area contributed by atoms with Crippen LogP contribution in [0.5, 0.6) is 11.5 Å². The third kappa shape index (κ3) is 4.67. The predicted octanol–water partition coefficient (Wildman–Crippen LogP) is 1.74. The molecule has 7 heteroatoms. The number of nitrogens with two attached hydrogens (primary N) is 2. The van der Waals surface area contributed by atoms with Crippen LogP contribution >= 0.6 is 11.6 Å². The van der Waals surface area contributed by atoms with Crippen LogP contribution in [0.3, 0.4) is 0 Å². The van der Waals surface area contributed by atoms with E-state index in [-0.39, 0.29) is 5.96 Å². The predicted molar refractivity (Wildman–Crippen MR) is 77.2 cm³/mol. The van der Waals surface area contributed by atoms with Gasteiger partial charge in [-0.25, -0.2) is 0 Å². The molecule has 1 rings (SSSR count). The van der Waals surface area contributed by atoms with Crippen LogP contribution in [0.4, 0.5) is 0 Å². The fraction of sp³-hybridized carbons (Fsp3) is 0.333. The van der Waals surface area contributed by atoms with Gasteiger partial charge in [-0.3, -0.25) is 0 Å². The minimum atomic E-state index is -0.113. The Bertz CT molecular complexity index is 485. The topological polar surface area (TPSA) is 95.2 Å². The van der Waals surface area contributed by atoms with E-state index in [0.29, 0.717) is 35.3 Å². The standard InChI is InChI=1S/C12H17ClN4O2/c1-3-18-10-6-8(7-16-17-12(14)15)5-9(13)11(10)19-4-2/h5-7H,3-4H2,1-2H3,(H4,14,15,17)/b16-7-. The zero-order chi connectivity index (χ0) is 14.3. The maximum Gasteiger partial charge on any atom is 0.211 e. The summed E-state index contributed by atoms with van der Waals surface area (Å²) in [4.78, 5) is 0. The molecule has 1 aromatic rings. The molecule has 6 nitrogen and oxygen atoms in total. The minimum Gasteiger partial charge on any atom is -0.490 e. The van der Waals surface area contributed by atoms with E-state index in [1.165, 1.54) is 6.21 Å². The average Bonchev–Trinajstić information content (AvgIpc) is 2.33. The molecule has 4 N–H and O–H groups in total. The van der Waals surface area contributed by atoms with Crippen molar-refractivity contribution in [1.29, 1.82) is 0 Å². The molecule has 0 amide bonds. The molecule has 0 aliphatic carbocycles. The van der Waals surface area contributed by atoms with Gasteiger partial charge >= 0.3 is 0 Å². The molecule has 0 atom stereocenters. The van der Waals surface area contributed by atoms with Gasteiger partial charge in [0.05, 0.1) is 24.5 Å². The molecule has 0 spiro atoms. The Balaban J connectivity index is 3.08. The van der Waals surface area contributed by atoms with Gasteiger partial charge in [0.15, 0.2) is 11.5 Å². The Morgan fingerprint density at radius 3 is 2.53 bits per heavy atom. The second-order valence-electron chi connectivity index (χ2n) is 3.47. The molecule has 104 valence electrons. The van der Waals surface area contributed by atoms with E-state index >= 15 is 0 Å². The summed E-state index contributed by atoms with van der Waals surface area (Å²) in [6, 6.07) is 3.45. The van der Waals surface area contributed by atoms with Crippen molar-refractivity contribution in [3.63, 3.8) is 0 Å². The van der Waals surface area contributed by atoms with E-state index in [2.05, 4.69) is 10.2 Å². The van der Waals surface area contributed by atoms with Crippen LogP contribution in [0.1, 0.15) is 19.4 Å². The van der Waals surface area contributed by atoms with Crippen molar-refractivity contribution in [3.8, 4) is 11.5 Å². The summed E-state index contributed by atoms with van der Waals surface area (Å²) in [5, 5.41) is 7.67. The van der Waals surface area contributed by atoms with Crippen LogP contribution in [0.15, 0.2) is 22.3 Å². The normalized spacial score (nSPS) is 10.5. The van der Waals surface area contributed by atoms with E-state index in [1.54, 1.807) is 12.1 Å². The molecule has 0 aromatic heterocycles. The molecule has 1 aromatic carbocycles. The highest BCUT2D eigenvalue weighted by molar-refractivity contribution is 6.32. The Labute approximate surface area is 117 Å². The van der Waals surface area contributed by atoms with Gasteiger partial charge in [0.25, 0.3) is 0 Å². The fourth-order valence-electron chi connectivity index (χ4n) is 1.37. The molecule has 0 aliphatic heterocycles. The van der Waals surface area contributed by atoms with Crippen LogP contribution in [-0.4, -0.2) is 25.4 Å². The van der Waals surface area contributed by atoms with Gasteiger partial charge in [-0.1, -0.05) is 11.6 Å². The van der Waals surface area contributed by atoms with Crippen LogP contribution in [-0.2, 0) is 0 Å². The Hall–Kier alpha value is -1.95. The number of nitrogens with zero attached hydrogens (tertiary/aromatic N) is 2. The lowest BCUT2D eigenvalue weighted by molar-refractivity contribution is 0.288. The SMILES string of the molecule is CCOc1cc(/C=N\N=C(N)N)cc(Cl)c1OCC. The Morgan fingerprint density at radius 1 is 1.26 bits per heavy atom. The highest BCUT2D eigenvalue weighted by Crippen LogP contribution is 2.36. The quantitative estimate of drug-likeness (QED) is 0.472. The van der Waals surface area contributed by atoms with Gasteiger partial charge < -0.3 is 20.9 Å². The first-order chi connectivity index (χ1) is 9.08. The molecule has 19 heavy (non-hydrogen) atoms. The zero-order valence-corrected chi connectivity index (χ0v) is 11.6. The second kappa shape index (κ2) is 7.48. The van der Waals surface area contributed by atoms with Crippen molar-refractivity contribution in [2.24, 2.45) is 21.7 Å². The third-order valence-electron chi connectivity index (χ3n) is 2.00. The molecule has 0 saturated carbocycles. The van der Waals surface area contributed by atoms with Gasteiger partial charge in [-0.05, 0) is 26.0 Å². The monoisotopic (exact) mass is 284 g/mol. The molecule has 0 unspecified atom stereocenters. The Kier molecular flexibility index (Phi) is 5.95. The molecule has 0 fully saturated rings. The van der Waals surface area contributed by atoms with Crippen LogP contribution < -0.4 is 20.9 Å². The molecule has 0 saturated heterocycles. The molecule has 0 heterocycles.